The summed E-state index contributed by atoms with van der Waals surface area (Å²) in [5, 5.41) is 5.44. The predicted molar refractivity (Wildman–Crippen MR) is 63.3 cm³/mol. The molecule has 0 radical (unpaired) electrons. The molecular weight excluding hydrogens is 210 g/mol. The second kappa shape index (κ2) is 4.29. The molecule has 1 aromatic carbocycles. The fraction of sp³-hybridized carbons (Fsp3) is 0. The van der Waals surface area contributed by atoms with Crippen LogP contribution in [-0.2, 0) is 0 Å². The van der Waals surface area contributed by atoms with Crippen molar-refractivity contribution in [3.63, 3.8) is 0 Å². The minimum Gasteiger partial charge on any atom is -0.335 e. The average Bonchev–Trinajstić information content (AvgIpc) is 2.29. The zero-order valence-electron chi connectivity index (χ0n) is 7.90. The Labute approximate surface area is 89.9 Å². The first kappa shape index (κ1) is 9.95. The highest BCUT2D eigenvalue weighted by molar-refractivity contribution is 7.88. The van der Waals surface area contributed by atoms with Crippen molar-refractivity contribution < 1.29 is 0 Å². The third kappa shape index (κ3) is 2.26. The quantitative estimate of drug-likeness (QED) is 0.432. The Morgan fingerprint density at radius 2 is 1.87 bits per heavy atom. The van der Waals surface area contributed by atoms with Gasteiger partial charge in [0.15, 0.2) is 0 Å². The van der Waals surface area contributed by atoms with Gasteiger partial charge in [-0.05, 0) is 5.56 Å². The molecule has 0 saturated heterocycles. The van der Waals surface area contributed by atoms with Crippen LogP contribution in [-0.4, -0.2) is 9.97 Å². The maximum absolute atomic E-state index is 11.3. The van der Waals surface area contributed by atoms with Gasteiger partial charge < -0.3 is 9.97 Å². The van der Waals surface area contributed by atoms with E-state index in [-0.39, 0.29) is 5.56 Å². The molecule has 0 fully saturated rings. The lowest BCUT2D eigenvalue weighted by Gasteiger charge is -2.00. The molecule has 0 aliphatic heterocycles. The van der Waals surface area contributed by atoms with E-state index in [2.05, 4.69) is 9.97 Å². The molecule has 4 nitrogen and oxygen atoms in total. The van der Waals surface area contributed by atoms with Gasteiger partial charge in [-0.2, -0.15) is 0 Å². The van der Waals surface area contributed by atoms with Gasteiger partial charge in [-0.25, -0.2) is 0 Å². The SMILES string of the molecule is N[SH]=c1[nH]c(-c2ccccc2)cc(=O)[nH]1. The molecule has 15 heavy (non-hydrogen) atoms. The van der Waals surface area contributed by atoms with Crippen LogP contribution in [0, 0.1) is 4.77 Å². The zero-order chi connectivity index (χ0) is 10.7. The van der Waals surface area contributed by atoms with Crippen molar-refractivity contribution in [3.05, 3.63) is 51.5 Å². The molecule has 1 aromatic heterocycles. The third-order valence-corrected chi connectivity index (χ3v) is 2.47. The predicted octanol–water partition coefficient (Wildman–Crippen LogP) is 1.24. The molecule has 0 bridgehead atoms. The van der Waals surface area contributed by atoms with Gasteiger partial charge in [0, 0.05) is 6.07 Å². The molecular formula is C10H11N3OS. The Hall–Kier alpha value is -1.59. The molecule has 0 unspecified atom stereocenters. The summed E-state index contributed by atoms with van der Waals surface area (Å²) in [5.41, 5.74) is 1.58. The number of nitrogens with two attached hydrogens (primary N) is 1. The van der Waals surface area contributed by atoms with Crippen LogP contribution in [0.25, 0.3) is 11.3 Å². The molecule has 5 heteroatoms. The summed E-state index contributed by atoms with van der Waals surface area (Å²) >= 11 is 0.519. The largest absolute Gasteiger partial charge is 0.335 e. The van der Waals surface area contributed by atoms with E-state index in [9.17, 15) is 4.79 Å². The highest BCUT2D eigenvalue weighted by atomic mass is 32.1. The van der Waals surface area contributed by atoms with Crippen molar-refractivity contribution in [1.29, 1.82) is 0 Å². The van der Waals surface area contributed by atoms with Crippen molar-refractivity contribution in [1.82, 2.24) is 9.97 Å². The summed E-state index contributed by atoms with van der Waals surface area (Å²) < 4.78 is 0.598. The maximum atomic E-state index is 11.3. The lowest BCUT2D eigenvalue weighted by molar-refractivity contribution is 1.09. The van der Waals surface area contributed by atoms with Gasteiger partial charge in [0.05, 0.1) is 5.69 Å². The number of hydrogen-bond acceptors (Lipinski definition) is 2. The van der Waals surface area contributed by atoms with Gasteiger partial charge in [0.25, 0.3) is 5.56 Å². The molecule has 0 saturated carbocycles. The maximum Gasteiger partial charge on any atom is 0.251 e. The first-order valence-electron chi connectivity index (χ1n) is 4.42. The van der Waals surface area contributed by atoms with Crippen LogP contribution < -0.4 is 10.7 Å². The number of aromatic amines is 2. The molecule has 4 N–H and O–H groups in total. The van der Waals surface area contributed by atoms with Crippen molar-refractivity contribution >= 4 is 11.5 Å². The molecule has 0 aliphatic carbocycles. The van der Waals surface area contributed by atoms with E-state index in [4.69, 9.17) is 5.14 Å². The van der Waals surface area contributed by atoms with Gasteiger partial charge in [0.1, 0.15) is 4.77 Å². The van der Waals surface area contributed by atoms with Crippen LogP contribution in [0.2, 0.25) is 0 Å². The molecule has 2 aromatic rings. The lowest BCUT2D eigenvalue weighted by atomic mass is 10.1. The Balaban J connectivity index is 2.65. The first-order chi connectivity index (χ1) is 7.29. The van der Waals surface area contributed by atoms with Gasteiger partial charge in [-0.3, -0.25) is 9.93 Å². The minimum atomic E-state index is -0.152. The van der Waals surface area contributed by atoms with Crippen LogP contribution in [0.15, 0.2) is 41.2 Å². The number of rotatable bonds is 1. The molecule has 0 aliphatic rings. The van der Waals surface area contributed by atoms with E-state index < -0.39 is 0 Å². The lowest BCUT2D eigenvalue weighted by Crippen LogP contribution is -2.06. The Morgan fingerprint density at radius 1 is 1.13 bits per heavy atom. The molecule has 2 rings (SSSR count). The van der Waals surface area contributed by atoms with Crippen LogP contribution >= 0.6 is 11.5 Å². The summed E-state index contributed by atoms with van der Waals surface area (Å²) in [6.07, 6.45) is 0. The van der Waals surface area contributed by atoms with E-state index in [1.807, 2.05) is 30.3 Å². The first-order valence-corrected chi connectivity index (χ1v) is 5.39. The number of thiol groups is 1. The zero-order valence-corrected chi connectivity index (χ0v) is 8.79. The van der Waals surface area contributed by atoms with Crippen LogP contribution in [0.3, 0.4) is 0 Å². The second-order valence-corrected chi connectivity index (χ2v) is 3.72. The van der Waals surface area contributed by atoms with Crippen LogP contribution in [0.4, 0.5) is 0 Å². The second-order valence-electron chi connectivity index (χ2n) is 3.02. The van der Waals surface area contributed by atoms with Crippen LogP contribution in [0.1, 0.15) is 0 Å². The van der Waals surface area contributed by atoms with E-state index >= 15 is 0 Å². The van der Waals surface area contributed by atoms with Crippen molar-refractivity contribution in [2.75, 3.05) is 0 Å². The molecule has 1 heterocycles. The molecule has 0 spiro atoms. The summed E-state index contributed by atoms with van der Waals surface area (Å²) in [6.45, 7) is 0. The van der Waals surface area contributed by atoms with Crippen molar-refractivity contribution in [2.45, 2.75) is 0 Å². The number of benzene rings is 1. The summed E-state index contributed by atoms with van der Waals surface area (Å²) in [6, 6.07) is 11.2. The van der Waals surface area contributed by atoms with E-state index in [1.54, 1.807) is 0 Å². The third-order valence-electron chi connectivity index (χ3n) is 1.98. The van der Waals surface area contributed by atoms with E-state index in [1.165, 1.54) is 6.07 Å². The number of nitrogens with one attached hydrogen (secondary N) is 2. The smallest absolute Gasteiger partial charge is 0.251 e. The highest BCUT2D eigenvalue weighted by Crippen LogP contribution is 2.13. The Bertz CT molecular complexity index is 571. The van der Waals surface area contributed by atoms with Crippen LogP contribution in [0.5, 0.6) is 0 Å². The van der Waals surface area contributed by atoms with Gasteiger partial charge in [-0.1, -0.05) is 41.9 Å². The summed E-state index contributed by atoms with van der Waals surface area (Å²) in [7, 11) is 0. The number of H-pyrrole nitrogens is 2. The van der Waals surface area contributed by atoms with Gasteiger partial charge >= 0.3 is 0 Å². The van der Waals surface area contributed by atoms with Crippen molar-refractivity contribution in [3.8, 4) is 11.3 Å². The fourth-order valence-electron chi connectivity index (χ4n) is 1.32. The summed E-state index contributed by atoms with van der Waals surface area (Å²) in [4.78, 5) is 17.0. The number of hydrogen-bond donors (Lipinski definition) is 4. The van der Waals surface area contributed by atoms with Gasteiger partial charge in [-0.15, -0.1) is 0 Å². The summed E-state index contributed by atoms with van der Waals surface area (Å²) in [5.74, 6) is 0. The topological polar surface area (TPSA) is 74.7 Å². The Kier molecular flexibility index (Phi) is 2.84. The Morgan fingerprint density at radius 3 is 2.53 bits per heavy atom. The van der Waals surface area contributed by atoms with E-state index in [0.29, 0.717) is 16.3 Å². The monoisotopic (exact) mass is 221 g/mol. The normalized spacial score (nSPS) is 12.2. The fourth-order valence-corrected chi connectivity index (χ4v) is 1.68. The molecule has 0 atom stereocenters. The number of aromatic nitrogens is 2. The highest BCUT2D eigenvalue weighted by Gasteiger charge is 1.97. The molecule has 78 valence electrons. The minimum absolute atomic E-state index is 0.152. The standard InChI is InChI=1S/C10H11N3OS/c11-15-10-12-8(6-9(14)13-10)7-4-2-1-3-5-7/h1-6,12,15H,11H2,(H,13,14). The van der Waals surface area contributed by atoms with Crippen molar-refractivity contribution in [2.24, 2.45) is 5.14 Å². The molecule has 0 amide bonds. The van der Waals surface area contributed by atoms with E-state index in [0.717, 1.165) is 11.3 Å². The average molecular weight is 221 g/mol. The van der Waals surface area contributed by atoms with Gasteiger partial charge in [0.2, 0.25) is 0 Å².